The van der Waals surface area contributed by atoms with Crippen molar-refractivity contribution in [2.24, 2.45) is 0 Å². The maximum atomic E-state index is 12.7. The van der Waals surface area contributed by atoms with Crippen LogP contribution in [-0.4, -0.2) is 26.6 Å². The average molecular weight is 398 g/mol. The Morgan fingerprint density at radius 1 is 0.964 bits per heavy atom. The third-order valence-corrected chi connectivity index (χ3v) is 5.88. The molecule has 6 nitrogen and oxygen atoms in total. The lowest BCUT2D eigenvalue weighted by molar-refractivity contribution is 0.411. The van der Waals surface area contributed by atoms with E-state index in [2.05, 4.69) is 4.72 Å². The van der Waals surface area contributed by atoms with E-state index in [1.165, 1.54) is 17.7 Å². The van der Waals surface area contributed by atoms with Crippen LogP contribution in [0.5, 0.6) is 5.75 Å². The first kappa shape index (κ1) is 19.9. The summed E-state index contributed by atoms with van der Waals surface area (Å²) in [5.41, 5.74) is 2.24. The highest BCUT2D eigenvalue weighted by molar-refractivity contribution is 7.89. The predicted molar refractivity (Wildman–Crippen MR) is 109 cm³/mol. The lowest BCUT2D eigenvalue weighted by Crippen LogP contribution is -2.31. The van der Waals surface area contributed by atoms with Crippen LogP contribution in [0.4, 0.5) is 0 Å². The molecule has 0 unspecified atom stereocenters. The van der Waals surface area contributed by atoms with Crippen LogP contribution in [0.2, 0.25) is 0 Å². The Kier molecular flexibility index (Phi) is 5.96. The number of rotatable bonds is 7. The van der Waals surface area contributed by atoms with Crippen LogP contribution < -0.4 is 15.0 Å². The number of aromatic nitrogens is 1. The molecule has 0 saturated carbocycles. The molecule has 3 aromatic rings. The monoisotopic (exact) mass is 398 g/mol. The van der Waals surface area contributed by atoms with Gasteiger partial charge in [0.05, 0.1) is 12.0 Å². The second-order valence-corrected chi connectivity index (χ2v) is 8.09. The molecule has 0 aliphatic heterocycles. The quantitative estimate of drug-likeness (QED) is 0.664. The summed E-state index contributed by atoms with van der Waals surface area (Å²) in [6.07, 6.45) is 0. The molecule has 0 saturated heterocycles. The van der Waals surface area contributed by atoms with Gasteiger partial charge < -0.3 is 9.30 Å². The van der Waals surface area contributed by atoms with Crippen molar-refractivity contribution in [3.8, 4) is 16.9 Å². The van der Waals surface area contributed by atoms with Gasteiger partial charge in [-0.1, -0.05) is 42.5 Å². The predicted octanol–water partition coefficient (Wildman–Crippen LogP) is 2.81. The maximum Gasteiger partial charge on any atom is 0.254 e. The molecule has 1 heterocycles. The SMILES string of the molecule is COc1cc(C)n(CCNS(=O)(=O)c2cccc(-c3ccccc3)c2)c(=O)c1. The van der Waals surface area contributed by atoms with E-state index in [1.54, 1.807) is 31.2 Å². The van der Waals surface area contributed by atoms with E-state index in [0.717, 1.165) is 11.1 Å². The Bertz CT molecular complexity index is 1120. The number of aryl methyl sites for hydroxylation is 1. The number of hydrogen-bond donors (Lipinski definition) is 1. The molecule has 146 valence electrons. The molecule has 0 bridgehead atoms. The highest BCUT2D eigenvalue weighted by Crippen LogP contribution is 2.22. The van der Waals surface area contributed by atoms with Gasteiger partial charge in [0.25, 0.3) is 5.56 Å². The number of benzene rings is 2. The summed E-state index contributed by atoms with van der Waals surface area (Å²) < 4.78 is 34.5. The molecule has 1 aromatic heterocycles. The van der Waals surface area contributed by atoms with Crippen molar-refractivity contribution in [3.05, 3.63) is 82.8 Å². The van der Waals surface area contributed by atoms with Gasteiger partial charge in [0.2, 0.25) is 10.0 Å². The lowest BCUT2D eigenvalue weighted by atomic mass is 10.1. The van der Waals surface area contributed by atoms with Crippen molar-refractivity contribution in [3.63, 3.8) is 0 Å². The van der Waals surface area contributed by atoms with Gasteiger partial charge in [-0.25, -0.2) is 13.1 Å². The molecule has 0 spiro atoms. The summed E-state index contributed by atoms with van der Waals surface area (Å²) in [6, 6.07) is 19.5. The molecule has 7 heteroatoms. The van der Waals surface area contributed by atoms with Gasteiger partial charge in [-0.2, -0.15) is 0 Å². The van der Waals surface area contributed by atoms with Crippen LogP contribution in [0.1, 0.15) is 5.69 Å². The average Bonchev–Trinajstić information content (AvgIpc) is 2.70. The smallest absolute Gasteiger partial charge is 0.254 e. The minimum Gasteiger partial charge on any atom is -0.496 e. The van der Waals surface area contributed by atoms with Crippen LogP contribution in [0.3, 0.4) is 0 Å². The Morgan fingerprint density at radius 2 is 1.68 bits per heavy atom. The van der Waals surface area contributed by atoms with Gasteiger partial charge in [0.15, 0.2) is 0 Å². The zero-order valence-electron chi connectivity index (χ0n) is 15.8. The van der Waals surface area contributed by atoms with Crippen LogP contribution in [0.25, 0.3) is 11.1 Å². The molecule has 0 amide bonds. The summed E-state index contributed by atoms with van der Waals surface area (Å²) in [4.78, 5) is 12.3. The van der Waals surface area contributed by atoms with Crippen molar-refractivity contribution in [2.45, 2.75) is 18.4 Å². The van der Waals surface area contributed by atoms with Gasteiger partial charge in [-0.3, -0.25) is 4.79 Å². The number of methoxy groups -OCH3 is 1. The second-order valence-electron chi connectivity index (χ2n) is 6.32. The van der Waals surface area contributed by atoms with Crippen molar-refractivity contribution >= 4 is 10.0 Å². The van der Waals surface area contributed by atoms with Crippen LogP contribution in [0, 0.1) is 6.92 Å². The van der Waals surface area contributed by atoms with Crippen molar-refractivity contribution in [1.82, 2.24) is 9.29 Å². The Balaban J connectivity index is 1.74. The number of hydrogen-bond acceptors (Lipinski definition) is 4. The molecule has 3 rings (SSSR count). The standard InChI is InChI=1S/C21H22N2O4S/c1-16-13-19(27-2)15-21(24)23(16)12-11-22-28(25,26)20-10-6-9-18(14-20)17-7-4-3-5-8-17/h3-10,13-15,22H,11-12H2,1-2H3. The van der Waals surface area contributed by atoms with Crippen molar-refractivity contribution in [1.29, 1.82) is 0 Å². The van der Waals surface area contributed by atoms with Gasteiger partial charge in [0.1, 0.15) is 5.75 Å². The minimum absolute atomic E-state index is 0.102. The summed E-state index contributed by atoms with van der Waals surface area (Å²) in [6.45, 7) is 2.11. The van der Waals surface area contributed by atoms with Crippen LogP contribution in [-0.2, 0) is 16.6 Å². The van der Waals surface area contributed by atoms with Gasteiger partial charge >= 0.3 is 0 Å². The van der Waals surface area contributed by atoms with Gasteiger partial charge in [-0.05, 0) is 36.2 Å². The number of ether oxygens (including phenoxy) is 1. The van der Waals surface area contributed by atoms with E-state index >= 15 is 0 Å². The molecule has 1 N–H and O–H groups in total. The highest BCUT2D eigenvalue weighted by Gasteiger charge is 2.15. The number of nitrogens with one attached hydrogen (secondary N) is 1. The Morgan fingerprint density at radius 3 is 2.36 bits per heavy atom. The molecule has 0 fully saturated rings. The second kappa shape index (κ2) is 8.41. The minimum atomic E-state index is -3.69. The molecular weight excluding hydrogens is 376 g/mol. The van der Waals surface area contributed by atoms with E-state index in [9.17, 15) is 13.2 Å². The molecule has 0 aliphatic rings. The molecule has 0 atom stereocenters. The zero-order valence-corrected chi connectivity index (χ0v) is 16.6. The van der Waals surface area contributed by atoms with E-state index in [1.807, 2.05) is 36.4 Å². The Hall–Kier alpha value is -2.90. The van der Waals surface area contributed by atoms with Gasteiger partial charge in [-0.15, -0.1) is 0 Å². The van der Waals surface area contributed by atoms with E-state index < -0.39 is 10.0 Å². The Labute approximate surface area is 164 Å². The number of nitrogens with zero attached hydrogens (tertiary/aromatic N) is 1. The zero-order chi connectivity index (χ0) is 20.1. The summed E-state index contributed by atoms with van der Waals surface area (Å²) >= 11 is 0. The summed E-state index contributed by atoms with van der Waals surface area (Å²) in [5.74, 6) is 0.483. The highest BCUT2D eigenvalue weighted by atomic mass is 32.2. The normalized spacial score (nSPS) is 11.4. The number of pyridine rings is 1. The molecule has 28 heavy (non-hydrogen) atoms. The third kappa shape index (κ3) is 4.49. The molecular formula is C21H22N2O4S. The van der Waals surface area contributed by atoms with E-state index in [4.69, 9.17) is 4.74 Å². The first-order valence-electron chi connectivity index (χ1n) is 8.81. The van der Waals surface area contributed by atoms with E-state index in [0.29, 0.717) is 11.4 Å². The molecule has 2 aromatic carbocycles. The van der Waals surface area contributed by atoms with Gasteiger partial charge in [0, 0.05) is 24.8 Å². The summed E-state index contributed by atoms with van der Waals surface area (Å²) in [7, 11) is -2.19. The van der Waals surface area contributed by atoms with Crippen molar-refractivity contribution in [2.75, 3.05) is 13.7 Å². The molecule has 0 radical (unpaired) electrons. The fourth-order valence-corrected chi connectivity index (χ4v) is 4.02. The number of sulfonamides is 1. The van der Waals surface area contributed by atoms with Crippen molar-refractivity contribution < 1.29 is 13.2 Å². The fourth-order valence-electron chi connectivity index (χ4n) is 2.95. The first-order valence-corrected chi connectivity index (χ1v) is 10.3. The van der Waals surface area contributed by atoms with E-state index in [-0.39, 0.29) is 23.5 Å². The fraction of sp³-hybridized carbons (Fsp3) is 0.190. The summed E-state index contributed by atoms with van der Waals surface area (Å²) in [5, 5.41) is 0. The first-order chi connectivity index (χ1) is 13.4. The van der Waals surface area contributed by atoms with Crippen LogP contribution >= 0.6 is 0 Å². The maximum absolute atomic E-state index is 12.7. The topological polar surface area (TPSA) is 77.4 Å². The van der Waals surface area contributed by atoms with Crippen LogP contribution in [0.15, 0.2) is 76.4 Å². The molecule has 0 aliphatic carbocycles. The lowest BCUT2D eigenvalue weighted by Gasteiger charge is -2.12. The largest absolute Gasteiger partial charge is 0.496 e. The third-order valence-electron chi connectivity index (χ3n) is 4.42.